The quantitative estimate of drug-likeness (QED) is 0.525. The van der Waals surface area contributed by atoms with Crippen molar-refractivity contribution in [3.8, 4) is 11.8 Å². The van der Waals surface area contributed by atoms with Gasteiger partial charge in [-0.05, 0) is 41.9 Å². The standard InChI is InChI=1S/C29H34ClFN6O6/c1-28(2,3)22(34-27(41)42-4)25(39)36-11-17-13-5-16(18(31)6-13)20(17)21(36)24(38)37-12-29(8-15(37)9-32)26(40)35-23-19(43-29)7-14(30)10-33-23/h7,10,13,15-18,20-22H,5-6,8,11-12H2,1-4H3,(H,34,41)(H,33,35,40). The molecule has 9 atom stereocenters. The number of methoxy groups -OCH3 is 1. The zero-order valence-corrected chi connectivity index (χ0v) is 25.1. The van der Waals surface area contributed by atoms with E-state index in [0.717, 1.165) is 0 Å². The molecule has 2 saturated heterocycles. The summed E-state index contributed by atoms with van der Waals surface area (Å²) in [4.78, 5) is 61.2. The molecule has 4 amide bonds. The average Bonchev–Trinajstić information content (AvgIpc) is 3.70. The van der Waals surface area contributed by atoms with Gasteiger partial charge in [0.05, 0.1) is 24.7 Å². The van der Waals surface area contributed by atoms with E-state index in [1.165, 1.54) is 29.2 Å². The molecule has 12 nitrogen and oxygen atoms in total. The largest absolute Gasteiger partial charge is 0.471 e. The first-order valence-corrected chi connectivity index (χ1v) is 14.8. The van der Waals surface area contributed by atoms with Crippen LogP contribution in [0.4, 0.5) is 15.0 Å². The van der Waals surface area contributed by atoms with Crippen LogP contribution in [-0.4, -0.2) is 88.7 Å². The first-order valence-electron chi connectivity index (χ1n) is 14.4. The number of carbonyl (C=O) groups excluding carboxylic acids is 4. The number of nitrogens with one attached hydrogen (secondary N) is 2. The molecule has 2 saturated carbocycles. The van der Waals surface area contributed by atoms with Crippen LogP contribution in [0, 0.1) is 40.4 Å². The Morgan fingerprint density at radius 1 is 1.30 bits per heavy atom. The molecule has 14 heteroatoms. The average molecular weight is 617 g/mol. The molecule has 230 valence electrons. The van der Waals surface area contributed by atoms with Crippen molar-refractivity contribution < 1.29 is 33.0 Å². The van der Waals surface area contributed by atoms with E-state index >= 15 is 4.39 Å². The van der Waals surface area contributed by atoms with E-state index in [2.05, 4.69) is 21.7 Å². The third kappa shape index (κ3) is 4.65. The highest BCUT2D eigenvalue weighted by Crippen LogP contribution is 2.59. The van der Waals surface area contributed by atoms with Crippen LogP contribution in [0.25, 0.3) is 0 Å². The minimum Gasteiger partial charge on any atom is -0.471 e. The van der Waals surface area contributed by atoms with Crippen molar-refractivity contribution >= 4 is 41.2 Å². The fourth-order valence-corrected chi connectivity index (χ4v) is 8.09. The second-order valence-electron chi connectivity index (χ2n) is 13.4. The molecule has 43 heavy (non-hydrogen) atoms. The molecule has 2 bridgehead atoms. The van der Waals surface area contributed by atoms with Gasteiger partial charge in [0, 0.05) is 25.2 Å². The number of fused-ring (bicyclic) bond motifs is 6. The maximum absolute atomic E-state index is 15.2. The van der Waals surface area contributed by atoms with Crippen molar-refractivity contribution in [2.24, 2.45) is 29.1 Å². The number of pyridine rings is 1. The number of rotatable bonds is 3. The summed E-state index contributed by atoms with van der Waals surface area (Å²) >= 11 is 6.09. The van der Waals surface area contributed by atoms with Crippen LogP contribution in [0.15, 0.2) is 12.3 Å². The number of likely N-dealkylation sites (tertiary alicyclic amines) is 2. The number of alkyl carbamates (subject to hydrolysis) is 1. The maximum Gasteiger partial charge on any atom is 0.407 e. The Bertz CT molecular complexity index is 1430. The van der Waals surface area contributed by atoms with Gasteiger partial charge >= 0.3 is 6.09 Å². The number of hydrogen-bond acceptors (Lipinski definition) is 8. The van der Waals surface area contributed by atoms with Crippen LogP contribution >= 0.6 is 11.6 Å². The SMILES string of the molecule is COC(=O)NC(C(=O)N1CC2C3CC(F)C(C3)C2C1C(=O)N1CC2(CC1C#N)Oc1cc(Cl)cnc1NC2=O)C(C)(C)C. The third-order valence-corrected chi connectivity index (χ3v) is 10.1. The van der Waals surface area contributed by atoms with Crippen LogP contribution in [-0.2, 0) is 19.1 Å². The Kier molecular flexibility index (Phi) is 6.99. The summed E-state index contributed by atoms with van der Waals surface area (Å²) in [5, 5.41) is 15.7. The van der Waals surface area contributed by atoms with Crippen LogP contribution < -0.4 is 15.4 Å². The Morgan fingerprint density at radius 2 is 2.05 bits per heavy atom. The molecule has 0 aromatic carbocycles. The summed E-state index contributed by atoms with van der Waals surface area (Å²) in [6, 6.07) is 0.466. The van der Waals surface area contributed by atoms with Crippen LogP contribution in [0.1, 0.15) is 40.0 Å². The summed E-state index contributed by atoms with van der Waals surface area (Å²) < 4.78 is 26.0. The lowest BCUT2D eigenvalue weighted by atomic mass is 9.77. The molecule has 2 N–H and O–H groups in total. The normalized spacial score (nSPS) is 34.6. The van der Waals surface area contributed by atoms with Crippen molar-refractivity contribution in [1.82, 2.24) is 20.1 Å². The number of anilines is 1. The number of ether oxygens (including phenoxy) is 2. The fourth-order valence-electron chi connectivity index (χ4n) is 7.94. The Balaban J connectivity index is 1.35. The molecule has 1 spiro atoms. The molecule has 6 rings (SSSR count). The minimum atomic E-state index is -1.58. The van der Waals surface area contributed by atoms with Gasteiger partial charge in [0.25, 0.3) is 5.91 Å². The molecule has 9 unspecified atom stereocenters. The zero-order chi connectivity index (χ0) is 31.0. The smallest absolute Gasteiger partial charge is 0.407 e. The van der Waals surface area contributed by atoms with Gasteiger partial charge in [0.2, 0.25) is 17.4 Å². The summed E-state index contributed by atoms with van der Waals surface area (Å²) in [6.07, 6.45) is 0.374. The van der Waals surface area contributed by atoms with E-state index in [4.69, 9.17) is 21.1 Å². The van der Waals surface area contributed by atoms with Crippen molar-refractivity contribution in [3.05, 3.63) is 17.3 Å². The van der Waals surface area contributed by atoms with Crippen LogP contribution in [0.2, 0.25) is 5.02 Å². The molecule has 4 fully saturated rings. The lowest BCUT2D eigenvalue weighted by molar-refractivity contribution is -0.149. The van der Waals surface area contributed by atoms with E-state index in [1.54, 1.807) is 20.8 Å². The van der Waals surface area contributed by atoms with E-state index in [0.29, 0.717) is 12.8 Å². The second kappa shape index (κ2) is 10.2. The molecule has 0 radical (unpaired) electrons. The first-order chi connectivity index (χ1) is 20.3. The highest BCUT2D eigenvalue weighted by Gasteiger charge is 2.65. The number of nitriles is 1. The van der Waals surface area contributed by atoms with Gasteiger partial charge in [-0.25, -0.2) is 14.2 Å². The van der Waals surface area contributed by atoms with Gasteiger partial charge in [-0.15, -0.1) is 0 Å². The summed E-state index contributed by atoms with van der Waals surface area (Å²) in [7, 11) is 1.20. The Morgan fingerprint density at radius 3 is 2.72 bits per heavy atom. The van der Waals surface area contributed by atoms with Gasteiger partial charge in [0.15, 0.2) is 11.6 Å². The van der Waals surface area contributed by atoms with Gasteiger partial charge < -0.3 is 29.9 Å². The lowest BCUT2D eigenvalue weighted by Gasteiger charge is -2.38. The van der Waals surface area contributed by atoms with Crippen molar-refractivity contribution in [2.75, 3.05) is 25.5 Å². The molecular weight excluding hydrogens is 583 g/mol. The summed E-state index contributed by atoms with van der Waals surface area (Å²) in [5.74, 6) is -2.12. The van der Waals surface area contributed by atoms with Crippen LogP contribution in [0.3, 0.4) is 0 Å². The number of nitrogens with zero attached hydrogens (tertiary/aromatic N) is 4. The maximum atomic E-state index is 15.2. The van der Waals surface area contributed by atoms with E-state index in [1.807, 2.05) is 0 Å². The lowest BCUT2D eigenvalue weighted by Crippen LogP contribution is -2.60. The predicted molar refractivity (Wildman–Crippen MR) is 149 cm³/mol. The van der Waals surface area contributed by atoms with Crippen LogP contribution in [0.5, 0.6) is 5.75 Å². The molecule has 2 aliphatic carbocycles. The minimum absolute atomic E-state index is 0.0256. The number of hydrogen-bond donors (Lipinski definition) is 2. The zero-order valence-electron chi connectivity index (χ0n) is 24.3. The molecule has 3 aliphatic heterocycles. The third-order valence-electron chi connectivity index (χ3n) is 9.89. The predicted octanol–water partition coefficient (Wildman–Crippen LogP) is 2.52. The van der Waals surface area contributed by atoms with Gasteiger partial charge in [0.1, 0.15) is 24.3 Å². The van der Waals surface area contributed by atoms with Gasteiger partial charge in [-0.3, -0.25) is 14.4 Å². The van der Waals surface area contributed by atoms with E-state index in [9.17, 15) is 24.4 Å². The topological polar surface area (TPSA) is 154 Å². The van der Waals surface area contributed by atoms with Gasteiger partial charge in [-0.2, -0.15) is 5.26 Å². The van der Waals surface area contributed by atoms with Crippen molar-refractivity contribution in [1.29, 1.82) is 5.26 Å². The number of carbonyl (C=O) groups is 4. The Hall–Kier alpha value is -3.66. The number of amides is 4. The summed E-state index contributed by atoms with van der Waals surface area (Å²) in [5.41, 5.74) is -2.33. The molecule has 5 aliphatic rings. The van der Waals surface area contributed by atoms with Crippen molar-refractivity contribution in [2.45, 2.75) is 69.9 Å². The number of halogens is 2. The Labute approximate surface area is 253 Å². The van der Waals surface area contributed by atoms with E-state index < -0.39 is 71.0 Å². The van der Waals surface area contributed by atoms with E-state index in [-0.39, 0.29) is 47.9 Å². The molecular formula is C29H34ClFN6O6. The monoisotopic (exact) mass is 616 g/mol. The summed E-state index contributed by atoms with van der Waals surface area (Å²) in [6.45, 7) is 5.33. The number of aromatic nitrogens is 1. The second-order valence-corrected chi connectivity index (χ2v) is 13.8. The van der Waals surface area contributed by atoms with Gasteiger partial charge in [-0.1, -0.05) is 32.4 Å². The highest BCUT2D eigenvalue weighted by molar-refractivity contribution is 6.30. The molecule has 1 aromatic rings. The number of alkyl halides is 1. The van der Waals surface area contributed by atoms with Crippen molar-refractivity contribution in [3.63, 3.8) is 0 Å². The molecule has 1 aromatic heterocycles. The first kappa shape index (κ1) is 29.4. The highest BCUT2D eigenvalue weighted by atomic mass is 35.5. The fraction of sp³-hybridized carbons (Fsp3) is 0.655. The molecule has 4 heterocycles.